The average molecular weight is 780 g/mol. The van der Waals surface area contributed by atoms with Crippen LogP contribution in [0.15, 0.2) is 55.3 Å². The van der Waals surface area contributed by atoms with Gasteiger partial charge < -0.3 is 29.7 Å². The van der Waals surface area contributed by atoms with Crippen LogP contribution in [0.1, 0.15) is 72.1 Å². The number of nitrogens with one attached hydrogen (secondary N) is 3. The van der Waals surface area contributed by atoms with Gasteiger partial charge >= 0.3 is 6.09 Å². The smallest absolute Gasteiger partial charge is 0.408 e. The molecule has 3 N–H and O–H groups in total. The number of sulfonamides is 1. The summed E-state index contributed by atoms with van der Waals surface area (Å²) >= 11 is 0. The molecule has 4 fully saturated rings. The average Bonchev–Trinajstić information content (AvgIpc) is 4.02. The summed E-state index contributed by atoms with van der Waals surface area (Å²) in [6, 6.07) is 4.65. The van der Waals surface area contributed by atoms with E-state index in [9.17, 15) is 32.4 Å². The van der Waals surface area contributed by atoms with Gasteiger partial charge in [0.15, 0.2) is 5.78 Å². The number of methoxy groups -OCH3 is 1. The highest BCUT2D eigenvalue weighted by Gasteiger charge is 2.62. The highest BCUT2D eigenvalue weighted by molar-refractivity contribution is 7.91. The summed E-state index contributed by atoms with van der Waals surface area (Å²) in [6.45, 7) is 8.66. The van der Waals surface area contributed by atoms with E-state index in [-0.39, 0.29) is 43.9 Å². The number of nitrogens with zero attached hydrogens (tertiary/aromatic N) is 2. The molecule has 1 aromatic heterocycles. The fourth-order valence-electron chi connectivity index (χ4n) is 6.71. The van der Waals surface area contributed by atoms with Crippen molar-refractivity contribution in [1.29, 1.82) is 0 Å². The van der Waals surface area contributed by atoms with Crippen LogP contribution >= 0.6 is 0 Å². The Bertz CT molecular complexity index is 2000. The fourth-order valence-corrected chi connectivity index (χ4v) is 8.07. The fraction of sp³-hybridized carbons (Fsp3) is 0.538. The van der Waals surface area contributed by atoms with Gasteiger partial charge in [-0.3, -0.25) is 23.9 Å². The summed E-state index contributed by atoms with van der Waals surface area (Å²) in [5.41, 5.74) is -2.49. The molecule has 0 bridgehead atoms. The van der Waals surface area contributed by atoms with E-state index in [1.165, 1.54) is 17.1 Å². The largest absolute Gasteiger partial charge is 0.497 e. The second-order valence-corrected chi connectivity index (χ2v) is 17.7. The molecule has 0 spiro atoms. The topological polar surface area (TPSA) is 199 Å². The van der Waals surface area contributed by atoms with Crippen molar-refractivity contribution in [3.8, 4) is 11.6 Å². The van der Waals surface area contributed by atoms with E-state index in [4.69, 9.17) is 14.2 Å². The zero-order valence-electron chi connectivity index (χ0n) is 31.5. The van der Waals surface area contributed by atoms with Gasteiger partial charge in [0.2, 0.25) is 27.7 Å². The Kier molecular flexibility index (Phi) is 11.3. The number of pyridine rings is 1. The molecule has 5 atom stereocenters. The molecule has 4 aliphatic rings. The first-order valence-electron chi connectivity index (χ1n) is 18.6. The zero-order valence-corrected chi connectivity index (χ0v) is 32.4. The van der Waals surface area contributed by atoms with Crippen molar-refractivity contribution in [2.24, 2.45) is 11.8 Å². The lowest BCUT2D eigenvalue weighted by atomic mass is 10.1. The highest BCUT2D eigenvalue weighted by atomic mass is 32.2. The van der Waals surface area contributed by atoms with Crippen molar-refractivity contribution in [1.82, 2.24) is 25.2 Å². The maximum Gasteiger partial charge on any atom is 0.408 e. The standard InChI is InChI=1S/C39H49N5O10S/c1-6-25-21-39(25,36(48)43-55(50,51)29-13-14-29)42-33(46)32-20-28(53-34-30-15-12-27(52-5)19-24(30)17-18-40-34)22-44(32)35(47)31(41-37(49)54-38(2,3)4)16-11-26(45)10-9-23-7-8-23/h6,9-10,12,15,17-19,23,25,28-29,31-32H,1,7-8,11,13-14,16,20-22H2,2-5H3,(H,41,49)(H,42,46)(H,43,48)/t25-,28-,31+,32+,39-/m1/s1. The van der Waals surface area contributed by atoms with Gasteiger partial charge in [0.25, 0.3) is 5.91 Å². The molecule has 0 radical (unpaired) electrons. The molecule has 6 rings (SSSR count). The van der Waals surface area contributed by atoms with E-state index in [1.807, 2.05) is 12.1 Å². The van der Waals surface area contributed by atoms with Crippen molar-refractivity contribution in [3.63, 3.8) is 0 Å². The minimum absolute atomic E-state index is 0.0369. The van der Waals surface area contributed by atoms with Gasteiger partial charge in [-0.2, -0.15) is 0 Å². The lowest BCUT2D eigenvalue weighted by Crippen LogP contribution is -2.58. The molecule has 55 heavy (non-hydrogen) atoms. The summed E-state index contributed by atoms with van der Waals surface area (Å²) < 4.78 is 44.7. The molecule has 3 saturated carbocycles. The third-order valence-electron chi connectivity index (χ3n) is 10.2. The number of alkyl carbamates (subject to hydrolysis) is 1. The van der Waals surface area contributed by atoms with E-state index in [2.05, 4.69) is 26.9 Å². The Morgan fingerprint density at radius 1 is 1.11 bits per heavy atom. The van der Waals surface area contributed by atoms with E-state index in [1.54, 1.807) is 52.3 Å². The van der Waals surface area contributed by atoms with Gasteiger partial charge in [-0.05, 0) is 101 Å². The molecule has 3 aliphatic carbocycles. The van der Waals surface area contributed by atoms with E-state index in [0.29, 0.717) is 29.9 Å². The number of hydrogen-bond acceptors (Lipinski definition) is 11. The number of fused-ring (bicyclic) bond motifs is 1. The maximum atomic E-state index is 14.5. The molecule has 15 nitrogen and oxygen atoms in total. The van der Waals surface area contributed by atoms with Crippen molar-refractivity contribution >= 4 is 50.4 Å². The number of carbonyl (C=O) groups is 5. The van der Waals surface area contributed by atoms with Crippen molar-refractivity contribution in [2.75, 3.05) is 13.7 Å². The molecule has 1 saturated heterocycles. The normalized spacial score (nSPS) is 24.1. The first-order valence-corrected chi connectivity index (χ1v) is 20.2. The molecule has 4 amide bonds. The van der Waals surface area contributed by atoms with Crippen LogP contribution < -0.4 is 24.8 Å². The predicted molar refractivity (Wildman–Crippen MR) is 201 cm³/mol. The first kappa shape index (κ1) is 39.7. The van der Waals surface area contributed by atoms with Gasteiger partial charge in [-0.1, -0.05) is 12.2 Å². The summed E-state index contributed by atoms with van der Waals surface area (Å²) in [7, 11) is -2.37. The first-order chi connectivity index (χ1) is 26.0. The SMILES string of the molecule is C=C[C@@H]1C[C@]1(NC(=O)[C@@H]1C[C@@H](Oc2nccc3cc(OC)ccc23)CN1C(=O)[C@H](CCC(=O)C=CC1CC1)NC(=O)OC(C)(C)C)C(=O)NS(=O)(=O)C1CC1. The number of allylic oxidation sites excluding steroid dienone is 2. The Hall–Kier alpha value is -4.99. The predicted octanol–water partition coefficient (Wildman–Crippen LogP) is 3.47. The lowest BCUT2D eigenvalue weighted by Gasteiger charge is -2.30. The van der Waals surface area contributed by atoms with E-state index < -0.39 is 74.3 Å². The van der Waals surface area contributed by atoms with Crippen LogP contribution in [-0.4, -0.2) is 96.1 Å². The van der Waals surface area contributed by atoms with Gasteiger partial charge in [-0.15, -0.1) is 6.58 Å². The van der Waals surface area contributed by atoms with E-state index >= 15 is 0 Å². The Balaban J connectivity index is 1.27. The van der Waals surface area contributed by atoms with Crippen LogP contribution in [-0.2, 0) is 33.9 Å². The number of likely N-dealkylation sites (tertiary alicyclic amines) is 1. The van der Waals surface area contributed by atoms with Gasteiger partial charge in [-0.25, -0.2) is 18.2 Å². The monoisotopic (exact) mass is 779 g/mol. The molecular formula is C39H49N5O10S. The number of ketones is 1. The Morgan fingerprint density at radius 3 is 2.49 bits per heavy atom. The minimum atomic E-state index is -3.93. The number of ether oxygens (including phenoxy) is 3. The Labute approximate surface area is 320 Å². The van der Waals surface area contributed by atoms with Gasteiger partial charge in [0.1, 0.15) is 35.1 Å². The third kappa shape index (κ3) is 9.64. The third-order valence-corrected chi connectivity index (χ3v) is 12.0. The van der Waals surface area contributed by atoms with E-state index in [0.717, 1.165) is 18.2 Å². The number of aromatic nitrogens is 1. The number of carbonyl (C=O) groups excluding carboxylic acids is 5. The van der Waals surface area contributed by atoms with Crippen LogP contribution in [0.3, 0.4) is 0 Å². The van der Waals surface area contributed by atoms with Crippen LogP contribution in [0.2, 0.25) is 0 Å². The molecule has 0 unspecified atom stereocenters. The second kappa shape index (κ2) is 15.6. The lowest BCUT2D eigenvalue weighted by molar-refractivity contribution is -0.141. The molecule has 296 valence electrons. The molecule has 2 aromatic rings. The van der Waals surface area contributed by atoms with Crippen LogP contribution in [0.4, 0.5) is 4.79 Å². The summed E-state index contributed by atoms with van der Waals surface area (Å²) in [6.07, 6.45) is 7.55. The molecular weight excluding hydrogens is 731 g/mol. The molecule has 1 aromatic carbocycles. The number of amides is 4. The quantitative estimate of drug-likeness (QED) is 0.167. The van der Waals surface area contributed by atoms with Crippen molar-refractivity contribution in [2.45, 2.75) is 107 Å². The summed E-state index contributed by atoms with van der Waals surface area (Å²) in [4.78, 5) is 73.8. The number of benzene rings is 1. The molecule has 2 heterocycles. The number of hydrogen-bond donors (Lipinski definition) is 3. The minimum Gasteiger partial charge on any atom is -0.497 e. The number of rotatable bonds is 16. The van der Waals surface area contributed by atoms with Crippen molar-refractivity contribution < 1.29 is 46.6 Å². The van der Waals surface area contributed by atoms with Crippen LogP contribution in [0.5, 0.6) is 11.6 Å². The molecule has 1 aliphatic heterocycles. The van der Waals surface area contributed by atoms with Crippen molar-refractivity contribution in [3.05, 3.63) is 55.3 Å². The summed E-state index contributed by atoms with van der Waals surface area (Å²) in [5.74, 6) is -1.79. The van der Waals surface area contributed by atoms with Crippen LogP contribution in [0.25, 0.3) is 10.8 Å². The highest BCUT2D eigenvalue weighted by Crippen LogP contribution is 2.45. The second-order valence-electron chi connectivity index (χ2n) is 15.8. The Morgan fingerprint density at radius 2 is 1.85 bits per heavy atom. The van der Waals surface area contributed by atoms with Gasteiger partial charge in [0, 0.05) is 30.3 Å². The molecule has 16 heteroatoms. The summed E-state index contributed by atoms with van der Waals surface area (Å²) in [5, 5.41) is 6.14. The maximum absolute atomic E-state index is 14.5. The van der Waals surface area contributed by atoms with Gasteiger partial charge in [0.05, 0.1) is 18.9 Å². The zero-order chi connectivity index (χ0) is 39.7. The van der Waals surface area contributed by atoms with Crippen LogP contribution in [0, 0.1) is 11.8 Å².